The third kappa shape index (κ3) is 3.44. The summed E-state index contributed by atoms with van der Waals surface area (Å²) in [5, 5.41) is 3.28. The van der Waals surface area contributed by atoms with Crippen LogP contribution in [0.5, 0.6) is 0 Å². The number of likely N-dealkylation sites (N-methyl/N-ethyl adjacent to an activating group) is 1. The van der Waals surface area contributed by atoms with Crippen LogP contribution < -0.4 is 5.32 Å². The van der Waals surface area contributed by atoms with Crippen LogP contribution in [-0.2, 0) is 11.2 Å². The Balaban J connectivity index is 1.54. The minimum Gasteiger partial charge on any atom is -0.345 e. The molecular weight excluding hydrogens is 283 g/mol. The lowest BCUT2D eigenvalue weighted by Crippen LogP contribution is -2.31. The van der Waals surface area contributed by atoms with Crippen molar-refractivity contribution in [1.29, 1.82) is 0 Å². The van der Waals surface area contributed by atoms with Crippen molar-refractivity contribution >= 4 is 16.9 Å². The molecule has 1 fully saturated rings. The predicted molar refractivity (Wildman–Crippen MR) is 83.0 cm³/mol. The van der Waals surface area contributed by atoms with Gasteiger partial charge in [-0.15, -0.1) is 0 Å². The number of nitrogens with one attached hydrogen (secondary N) is 2. The van der Waals surface area contributed by atoms with Gasteiger partial charge in [-0.05, 0) is 43.6 Å². The summed E-state index contributed by atoms with van der Waals surface area (Å²) in [6, 6.07) is 4.50. The lowest BCUT2D eigenvalue weighted by atomic mass is 10.0. The first-order chi connectivity index (χ1) is 10.6. The van der Waals surface area contributed by atoms with Crippen molar-refractivity contribution in [3.63, 3.8) is 0 Å². The van der Waals surface area contributed by atoms with Crippen molar-refractivity contribution in [1.82, 2.24) is 20.2 Å². The number of carbonyl (C=O) groups excluding carboxylic acids is 1. The van der Waals surface area contributed by atoms with Gasteiger partial charge in [-0.3, -0.25) is 4.79 Å². The molecule has 2 heterocycles. The largest absolute Gasteiger partial charge is 0.345 e. The molecule has 22 heavy (non-hydrogen) atoms. The summed E-state index contributed by atoms with van der Waals surface area (Å²) in [4.78, 5) is 21.4. The van der Waals surface area contributed by atoms with E-state index in [4.69, 9.17) is 0 Å². The van der Waals surface area contributed by atoms with E-state index in [0.29, 0.717) is 30.8 Å². The lowest BCUT2D eigenvalue weighted by molar-refractivity contribution is -0.130. The number of aromatic nitrogens is 2. The van der Waals surface area contributed by atoms with Crippen molar-refractivity contribution in [2.45, 2.75) is 19.3 Å². The van der Waals surface area contributed by atoms with Crippen molar-refractivity contribution in [3.05, 3.63) is 29.8 Å². The van der Waals surface area contributed by atoms with Gasteiger partial charge in [0.05, 0.1) is 11.0 Å². The Labute approximate surface area is 128 Å². The van der Waals surface area contributed by atoms with Gasteiger partial charge in [0.25, 0.3) is 0 Å². The third-order valence-corrected chi connectivity index (χ3v) is 4.23. The maximum atomic E-state index is 13.2. The van der Waals surface area contributed by atoms with Crippen LogP contribution >= 0.6 is 0 Å². The van der Waals surface area contributed by atoms with Crippen LogP contribution in [0.3, 0.4) is 0 Å². The summed E-state index contributed by atoms with van der Waals surface area (Å²) in [6.45, 7) is 2.56. The molecule has 0 saturated carbocycles. The number of amides is 1. The molecule has 0 bridgehead atoms. The Hall–Kier alpha value is -1.95. The molecule has 2 aromatic rings. The summed E-state index contributed by atoms with van der Waals surface area (Å²) >= 11 is 0. The summed E-state index contributed by atoms with van der Waals surface area (Å²) in [6.07, 6.45) is 2.32. The van der Waals surface area contributed by atoms with Gasteiger partial charge in [0.15, 0.2) is 0 Å². The van der Waals surface area contributed by atoms with Gasteiger partial charge in [-0.2, -0.15) is 0 Å². The molecule has 1 aliphatic rings. The number of H-pyrrole nitrogens is 1. The molecule has 2 N–H and O–H groups in total. The summed E-state index contributed by atoms with van der Waals surface area (Å²) in [7, 11) is 1.83. The molecule has 118 valence electrons. The highest BCUT2D eigenvalue weighted by atomic mass is 19.1. The van der Waals surface area contributed by atoms with Crippen molar-refractivity contribution in [2.75, 3.05) is 26.7 Å². The van der Waals surface area contributed by atoms with E-state index >= 15 is 0 Å². The normalized spacial score (nSPS) is 18.0. The van der Waals surface area contributed by atoms with Crippen LogP contribution in [0.25, 0.3) is 11.0 Å². The second kappa shape index (κ2) is 6.44. The van der Waals surface area contributed by atoms with Crippen molar-refractivity contribution in [3.8, 4) is 0 Å². The Morgan fingerprint density at radius 3 is 3.14 bits per heavy atom. The van der Waals surface area contributed by atoms with E-state index in [-0.39, 0.29) is 11.7 Å². The first kappa shape index (κ1) is 15.0. The molecule has 5 nitrogen and oxygen atoms in total. The average Bonchev–Trinajstić information content (AvgIpc) is 3.13. The molecule has 0 unspecified atom stereocenters. The third-order valence-electron chi connectivity index (χ3n) is 4.23. The minimum absolute atomic E-state index is 0.177. The highest BCUT2D eigenvalue weighted by Crippen LogP contribution is 2.15. The van der Waals surface area contributed by atoms with Gasteiger partial charge in [0, 0.05) is 26.4 Å². The zero-order valence-corrected chi connectivity index (χ0v) is 12.7. The number of hydrogen-bond donors (Lipinski definition) is 2. The monoisotopic (exact) mass is 304 g/mol. The second-order valence-electron chi connectivity index (χ2n) is 5.97. The Morgan fingerprint density at radius 1 is 1.50 bits per heavy atom. The van der Waals surface area contributed by atoms with Crippen LogP contribution in [0.2, 0.25) is 0 Å². The van der Waals surface area contributed by atoms with Gasteiger partial charge >= 0.3 is 0 Å². The Morgan fingerprint density at radius 2 is 2.36 bits per heavy atom. The number of imidazole rings is 1. The fourth-order valence-corrected chi connectivity index (χ4v) is 2.84. The number of halogens is 1. The maximum absolute atomic E-state index is 13.2. The van der Waals surface area contributed by atoms with Crippen molar-refractivity contribution < 1.29 is 9.18 Å². The molecule has 0 spiro atoms. The van der Waals surface area contributed by atoms with E-state index in [1.54, 1.807) is 11.0 Å². The zero-order valence-electron chi connectivity index (χ0n) is 12.7. The van der Waals surface area contributed by atoms with Gasteiger partial charge in [-0.25, -0.2) is 9.37 Å². The van der Waals surface area contributed by atoms with Crippen LogP contribution in [0.4, 0.5) is 4.39 Å². The zero-order chi connectivity index (χ0) is 15.5. The van der Waals surface area contributed by atoms with E-state index in [0.717, 1.165) is 30.9 Å². The Bertz CT molecular complexity index is 663. The molecule has 1 aliphatic heterocycles. The van der Waals surface area contributed by atoms with Gasteiger partial charge in [-0.1, -0.05) is 0 Å². The van der Waals surface area contributed by atoms with Crippen LogP contribution in [0.15, 0.2) is 18.2 Å². The number of aromatic amines is 1. The molecule has 1 saturated heterocycles. The van der Waals surface area contributed by atoms with Gasteiger partial charge < -0.3 is 15.2 Å². The fourth-order valence-electron chi connectivity index (χ4n) is 2.84. The van der Waals surface area contributed by atoms with Crippen LogP contribution in [-0.4, -0.2) is 47.5 Å². The molecule has 1 atom stereocenters. The van der Waals surface area contributed by atoms with Gasteiger partial charge in [0.1, 0.15) is 11.6 Å². The molecule has 1 aromatic heterocycles. The number of nitrogens with zero attached hydrogens (tertiary/aromatic N) is 2. The molecular formula is C16H21FN4O. The van der Waals surface area contributed by atoms with E-state index in [1.165, 1.54) is 12.1 Å². The van der Waals surface area contributed by atoms with Crippen molar-refractivity contribution in [2.24, 2.45) is 5.92 Å². The van der Waals surface area contributed by atoms with E-state index in [1.807, 2.05) is 7.05 Å². The number of benzene rings is 1. The standard InChI is InChI=1S/C16H21FN4O/c1-21(16(22)8-11-4-6-18-10-11)7-5-15-19-13-3-2-12(17)9-14(13)20-15/h2-3,9,11,18H,4-8,10H2,1H3,(H,19,20)/t11-/m1/s1. The summed E-state index contributed by atoms with van der Waals surface area (Å²) in [5.74, 6) is 1.14. The quantitative estimate of drug-likeness (QED) is 0.884. The molecule has 1 amide bonds. The second-order valence-corrected chi connectivity index (χ2v) is 5.97. The molecule has 6 heteroatoms. The topological polar surface area (TPSA) is 61.0 Å². The number of hydrogen-bond acceptors (Lipinski definition) is 3. The first-order valence-corrected chi connectivity index (χ1v) is 7.70. The highest BCUT2D eigenvalue weighted by Gasteiger charge is 2.20. The summed E-state index contributed by atoms with van der Waals surface area (Å²) in [5.41, 5.74) is 1.45. The molecule has 0 radical (unpaired) electrons. The predicted octanol–water partition coefficient (Wildman–Crippen LogP) is 1.70. The molecule has 0 aliphatic carbocycles. The molecule has 3 rings (SSSR count). The van der Waals surface area contributed by atoms with Gasteiger partial charge in [0.2, 0.25) is 5.91 Å². The maximum Gasteiger partial charge on any atom is 0.222 e. The smallest absolute Gasteiger partial charge is 0.222 e. The SMILES string of the molecule is CN(CCc1nc2ccc(F)cc2[nH]1)C(=O)C[C@H]1CCNC1. The molecule has 1 aromatic carbocycles. The number of fused-ring (bicyclic) bond motifs is 1. The van der Waals surface area contributed by atoms with Crippen LogP contribution in [0, 0.1) is 11.7 Å². The summed E-state index contributed by atoms with van der Waals surface area (Å²) < 4.78 is 13.2. The van der Waals surface area contributed by atoms with E-state index in [2.05, 4.69) is 15.3 Å². The Kier molecular flexibility index (Phi) is 4.38. The number of carbonyl (C=O) groups is 1. The van der Waals surface area contributed by atoms with E-state index in [9.17, 15) is 9.18 Å². The average molecular weight is 304 g/mol. The lowest BCUT2D eigenvalue weighted by Gasteiger charge is -2.18. The van der Waals surface area contributed by atoms with Crippen LogP contribution in [0.1, 0.15) is 18.7 Å². The number of rotatable bonds is 5. The fraction of sp³-hybridized carbons (Fsp3) is 0.500. The first-order valence-electron chi connectivity index (χ1n) is 7.70. The minimum atomic E-state index is -0.278. The van der Waals surface area contributed by atoms with E-state index < -0.39 is 0 Å². The highest BCUT2D eigenvalue weighted by molar-refractivity contribution is 5.76.